The van der Waals surface area contributed by atoms with E-state index in [1.807, 2.05) is 4.90 Å². The normalized spacial score (nSPS) is 18.4. The Kier molecular flexibility index (Phi) is 4.04. The summed E-state index contributed by atoms with van der Waals surface area (Å²) < 4.78 is 13.8. The summed E-state index contributed by atoms with van der Waals surface area (Å²) in [6.07, 6.45) is 0.487. The van der Waals surface area contributed by atoms with Gasteiger partial charge >= 0.3 is 0 Å². The molecule has 1 atom stereocenters. The minimum atomic E-state index is -0.856. The van der Waals surface area contributed by atoms with Crippen molar-refractivity contribution in [3.8, 4) is 0 Å². The second kappa shape index (κ2) is 5.57. The third kappa shape index (κ3) is 2.87. The van der Waals surface area contributed by atoms with E-state index in [2.05, 4.69) is 0 Å². The smallest absolute Gasteiger partial charge is 0.220 e. The lowest BCUT2D eigenvalue weighted by Gasteiger charge is -2.34. The average Bonchev–Trinajstić information content (AvgIpc) is 2.38. The van der Waals surface area contributed by atoms with Crippen LogP contribution in [0.15, 0.2) is 18.2 Å². The number of amides is 1. The van der Waals surface area contributed by atoms with Crippen LogP contribution >= 0.6 is 0 Å². The second-order valence-corrected chi connectivity index (χ2v) is 5.01. The monoisotopic (exact) mass is 266 g/mol. The topological polar surface area (TPSA) is 66.6 Å². The summed E-state index contributed by atoms with van der Waals surface area (Å²) in [5.74, 6) is -0.765. The Morgan fingerprint density at radius 3 is 2.63 bits per heavy atom. The maximum Gasteiger partial charge on any atom is 0.220 e. The van der Waals surface area contributed by atoms with Crippen LogP contribution in [-0.4, -0.2) is 24.1 Å². The maximum absolute atomic E-state index is 13.8. The Labute approximate surface area is 112 Å². The van der Waals surface area contributed by atoms with Crippen LogP contribution in [0.5, 0.6) is 0 Å². The Morgan fingerprint density at radius 1 is 1.47 bits per heavy atom. The highest BCUT2D eigenvalue weighted by molar-refractivity contribution is 5.77. The highest BCUT2D eigenvalue weighted by atomic mass is 19.1. The number of nitrogens with zero attached hydrogens (tertiary/aromatic N) is 1. The molecule has 1 amide bonds. The number of rotatable bonds is 3. The molecule has 2 rings (SSSR count). The SMILES string of the molecule is CC(O)c1c(F)cccc1N1CCC(C(N)=O)CC1. The standard InChI is InChI=1S/C14H19FN2O2/c1-9(18)13-11(15)3-2-4-12(13)17-7-5-10(6-8-17)14(16)19/h2-4,9-10,18H,5-8H2,1H3,(H2,16,19). The summed E-state index contributed by atoms with van der Waals surface area (Å²) in [7, 11) is 0. The third-order valence-electron chi connectivity index (χ3n) is 3.69. The number of aliphatic hydroxyl groups excluding tert-OH is 1. The third-order valence-corrected chi connectivity index (χ3v) is 3.69. The number of hydrogen-bond donors (Lipinski definition) is 2. The van der Waals surface area contributed by atoms with Crippen molar-refractivity contribution >= 4 is 11.6 Å². The number of anilines is 1. The number of halogens is 1. The van der Waals surface area contributed by atoms with Gasteiger partial charge < -0.3 is 15.7 Å². The van der Waals surface area contributed by atoms with Crippen LogP contribution < -0.4 is 10.6 Å². The molecule has 5 heteroatoms. The van der Waals surface area contributed by atoms with Crippen LogP contribution in [-0.2, 0) is 4.79 Å². The molecular formula is C14H19FN2O2. The van der Waals surface area contributed by atoms with E-state index in [4.69, 9.17) is 5.73 Å². The number of carbonyl (C=O) groups is 1. The van der Waals surface area contributed by atoms with Crippen molar-refractivity contribution in [1.29, 1.82) is 0 Å². The molecule has 1 saturated heterocycles. The summed E-state index contributed by atoms with van der Waals surface area (Å²) in [4.78, 5) is 13.1. The highest BCUT2D eigenvalue weighted by Gasteiger charge is 2.26. The van der Waals surface area contributed by atoms with Gasteiger partial charge in [0, 0.05) is 30.3 Å². The van der Waals surface area contributed by atoms with Gasteiger partial charge in [-0.2, -0.15) is 0 Å². The Morgan fingerprint density at radius 2 is 2.11 bits per heavy atom. The van der Waals surface area contributed by atoms with E-state index in [1.165, 1.54) is 6.07 Å². The predicted octanol–water partition coefficient (Wildman–Crippen LogP) is 1.58. The molecule has 0 bridgehead atoms. The van der Waals surface area contributed by atoms with Gasteiger partial charge in [0.25, 0.3) is 0 Å². The number of hydrogen-bond acceptors (Lipinski definition) is 3. The predicted molar refractivity (Wildman–Crippen MR) is 71.2 cm³/mol. The van der Waals surface area contributed by atoms with Crippen LogP contribution in [0.1, 0.15) is 31.4 Å². The van der Waals surface area contributed by atoms with Gasteiger partial charge in [-0.25, -0.2) is 4.39 Å². The molecule has 1 heterocycles. The minimum Gasteiger partial charge on any atom is -0.389 e. The molecule has 1 unspecified atom stereocenters. The van der Waals surface area contributed by atoms with Crippen LogP contribution in [0, 0.1) is 11.7 Å². The van der Waals surface area contributed by atoms with Gasteiger partial charge in [-0.05, 0) is 31.9 Å². The maximum atomic E-state index is 13.8. The number of benzene rings is 1. The van der Waals surface area contributed by atoms with E-state index in [-0.39, 0.29) is 11.8 Å². The molecule has 1 fully saturated rings. The summed E-state index contributed by atoms with van der Waals surface area (Å²) in [5.41, 5.74) is 6.32. The zero-order valence-corrected chi connectivity index (χ0v) is 11.0. The lowest BCUT2D eigenvalue weighted by molar-refractivity contribution is -0.122. The molecule has 1 aliphatic heterocycles. The molecule has 0 spiro atoms. The Balaban J connectivity index is 2.20. The van der Waals surface area contributed by atoms with Crippen molar-refractivity contribution in [2.75, 3.05) is 18.0 Å². The van der Waals surface area contributed by atoms with Gasteiger partial charge in [0.05, 0.1) is 6.10 Å². The lowest BCUT2D eigenvalue weighted by atomic mass is 9.95. The first-order valence-electron chi connectivity index (χ1n) is 6.51. The van der Waals surface area contributed by atoms with Crippen molar-refractivity contribution in [3.05, 3.63) is 29.6 Å². The number of nitrogens with two attached hydrogens (primary N) is 1. The second-order valence-electron chi connectivity index (χ2n) is 5.01. The van der Waals surface area contributed by atoms with Gasteiger partial charge in [0.1, 0.15) is 5.82 Å². The summed E-state index contributed by atoms with van der Waals surface area (Å²) in [5, 5.41) is 9.72. The summed E-state index contributed by atoms with van der Waals surface area (Å²) >= 11 is 0. The van der Waals surface area contributed by atoms with E-state index < -0.39 is 11.9 Å². The number of piperidine rings is 1. The first-order chi connectivity index (χ1) is 9.00. The van der Waals surface area contributed by atoms with E-state index in [0.717, 1.165) is 0 Å². The lowest BCUT2D eigenvalue weighted by Crippen LogP contribution is -2.39. The van der Waals surface area contributed by atoms with Crippen molar-refractivity contribution < 1.29 is 14.3 Å². The first-order valence-corrected chi connectivity index (χ1v) is 6.51. The quantitative estimate of drug-likeness (QED) is 0.873. The molecule has 1 aromatic rings. The van der Waals surface area contributed by atoms with Crippen molar-refractivity contribution in [2.45, 2.75) is 25.9 Å². The molecular weight excluding hydrogens is 247 g/mol. The van der Waals surface area contributed by atoms with Gasteiger partial charge in [0.2, 0.25) is 5.91 Å². The molecule has 0 radical (unpaired) electrons. The van der Waals surface area contributed by atoms with Crippen LogP contribution in [0.25, 0.3) is 0 Å². The zero-order valence-electron chi connectivity index (χ0n) is 11.0. The van der Waals surface area contributed by atoms with E-state index in [1.54, 1.807) is 19.1 Å². The van der Waals surface area contributed by atoms with Crippen molar-refractivity contribution in [3.63, 3.8) is 0 Å². The van der Waals surface area contributed by atoms with Crippen molar-refractivity contribution in [2.24, 2.45) is 11.7 Å². The van der Waals surface area contributed by atoms with Crippen LogP contribution in [0.4, 0.5) is 10.1 Å². The molecule has 0 saturated carbocycles. The molecule has 4 nitrogen and oxygen atoms in total. The van der Waals surface area contributed by atoms with E-state index in [9.17, 15) is 14.3 Å². The molecule has 19 heavy (non-hydrogen) atoms. The Hall–Kier alpha value is -1.62. The fourth-order valence-corrected chi connectivity index (χ4v) is 2.62. The number of aliphatic hydroxyl groups is 1. The molecule has 0 aromatic heterocycles. The average molecular weight is 266 g/mol. The van der Waals surface area contributed by atoms with Gasteiger partial charge in [-0.1, -0.05) is 6.07 Å². The molecule has 104 valence electrons. The van der Waals surface area contributed by atoms with E-state index >= 15 is 0 Å². The van der Waals surface area contributed by atoms with Crippen molar-refractivity contribution in [1.82, 2.24) is 0 Å². The minimum absolute atomic E-state index is 0.0974. The molecule has 1 aromatic carbocycles. The largest absolute Gasteiger partial charge is 0.389 e. The van der Waals surface area contributed by atoms with Crippen LogP contribution in [0.2, 0.25) is 0 Å². The van der Waals surface area contributed by atoms with E-state index in [0.29, 0.717) is 37.2 Å². The fraction of sp³-hybridized carbons (Fsp3) is 0.500. The van der Waals surface area contributed by atoms with Crippen LogP contribution in [0.3, 0.4) is 0 Å². The summed E-state index contributed by atoms with van der Waals surface area (Å²) in [6, 6.07) is 4.79. The number of primary amides is 1. The van der Waals surface area contributed by atoms with Gasteiger partial charge in [-0.15, -0.1) is 0 Å². The molecule has 0 aliphatic carbocycles. The fourth-order valence-electron chi connectivity index (χ4n) is 2.62. The summed E-state index contributed by atoms with van der Waals surface area (Å²) in [6.45, 7) is 2.85. The molecule has 1 aliphatic rings. The number of carbonyl (C=O) groups excluding carboxylic acids is 1. The van der Waals surface area contributed by atoms with Gasteiger partial charge in [-0.3, -0.25) is 4.79 Å². The highest BCUT2D eigenvalue weighted by Crippen LogP contribution is 2.31. The Bertz CT molecular complexity index is 469. The van der Waals surface area contributed by atoms with Gasteiger partial charge in [0.15, 0.2) is 0 Å². The zero-order chi connectivity index (χ0) is 14.0. The molecule has 3 N–H and O–H groups in total. The first kappa shape index (κ1) is 13.8.